The van der Waals surface area contributed by atoms with Crippen molar-refractivity contribution in [1.29, 1.82) is 0 Å². The summed E-state index contributed by atoms with van der Waals surface area (Å²) in [5, 5.41) is 12.3. The van der Waals surface area contributed by atoms with E-state index in [4.69, 9.17) is 21.3 Å². The van der Waals surface area contributed by atoms with E-state index in [1.54, 1.807) is 12.1 Å². The van der Waals surface area contributed by atoms with Crippen molar-refractivity contribution in [2.24, 2.45) is 16.5 Å². The standard InChI is InChI=1S/C24H37N5O3.2ClH/c1-18-15-20(16-27-13-7-5-3-4-6-8-14-28-24(25)26)19(2)29(18)21-9-11-22(12-10-21)32-17-23(30)31;;/h9-12,15,27H,3-8,13-14,16-17H2,1-2H3,(H,30,31)(H4,25,26,28);2*1H. The number of nitrogens with zero attached hydrogens (tertiary/aromatic N) is 2. The molecule has 1 heterocycles. The van der Waals surface area contributed by atoms with Crippen LogP contribution in [0.5, 0.6) is 5.75 Å². The number of nitrogens with two attached hydrogens (primary N) is 2. The van der Waals surface area contributed by atoms with Gasteiger partial charge >= 0.3 is 5.97 Å². The van der Waals surface area contributed by atoms with E-state index >= 15 is 0 Å². The number of benzene rings is 1. The van der Waals surface area contributed by atoms with Gasteiger partial charge in [0.25, 0.3) is 0 Å². The number of carbonyl (C=O) groups is 1. The van der Waals surface area contributed by atoms with Gasteiger partial charge in [-0.2, -0.15) is 0 Å². The van der Waals surface area contributed by atoms with Crippen LogP contribution in [0, 0.1) is 13.8 Å². The Balaban J connectivity index is 0.00000544. The molecule has 2 rings (SSSR count). The molecule has 0 aliphatic heterocycles. The average Bonchev–Trinajstić information content (AvgIpc) is 3.03. The maximum absolute atomic E-state index is 10.6. The highest BCUT2D eigenvalue weighted by Gasteiger charge is 2.11. The SMILES string of the molecule is Cc1cc(CNCCCCCCCCN=C(N)N)c(C)n1-c1ccc(OCC(=O)O)cc1.Cl.Cl. The van der Waals surface area contributed by atoms with E-state index < -0.39 is 5.97 Å². The van der Waals surface area contributed by atoms with E-state index in [1.165, 1.54) is 49.1 Å². The minimum absolute atomic E-state index is 0. The number of ether oxygens (including phenoxy) is 1. The lowest BCUT2D eigenvalue weighted by Crippen LogP contribution is -2.22. The van der Waals surface area contributed by atoms with E-state index in [0.29, 0.717) is 5.75 Å². The third-order valence-electron chi connectivity index (χ3n) is 5.36. The Kier molecular flexibility index (Phi) is 15.9. The van der Waals surface area contributed by atoms with Crippen LogP contribution in [0.1, 0.15) is 55.5 Å². The number of aromatic nitrogens is 1. The van der Waals surface area contributed by atoms with Crippen LogP contribution in [0.2, 0.25) is 0 Å². The van der Waals surface area contributed by atoms with Gasteiger partial charge in [-0.15, -0.1) is 24.8 Å². The molecule has 0 atom stereocenters. The fourth-order valence-corrected chi connectivity index (χ4v) is 3.74. The number of hydrogen-bond donors (Lipinski definition) is 4. The number of nitrogens with one attached hydrogen (secondary N) is 1. The largest absolute Gasteiger partial charge is 0.482 e. The van der Waals surface area contributed by atoms with Crippen molar-refractivity contribution in [2.45, 2.75) is 58.9 Å². The topological polar surface area (TPSA) is 128 Å². The zero-order valence-corrected chi connectivity index (χ0v) is 21.7. The van der Waals surface area contributed by atoms with Crippen molar-refractivity contribution in [3.63, 3.8) is 0 Å². The van der Waals surface area contributed by atoms with Crippen LogP contribution in [0.4, 0.5) is 0 Å². The van der Waals surface area contributed by atoms with Gasteiger partial charge in [0, 0.05) is 30.2 Å². The van der Waals surface area contributed by atoms with Gasteiger partial charge in [0.15, 0.2) is 12.6 Å². The fourth-order valence-electron chi connectivity index (χ4n) is 3.74. The van der Waals surface area contributed by atoms with Crippen LogP contribution < -0.4 is 21.5 Å². The molecule has 2 aromatic rings. The molecule has 6 N–H and O–H groups in total. The van der Waals surface area contributed by atoms with Crippen molar-refractivity contribution >= 4 is 36.7 Å². The Morgan fingerprint density at radius 2 is 1.65 bits per heavy atom. The van der Waals surface area contributed by atoms with Gasteiger partial charge in [-0.3, -0.25) is 4.99 Å². The van der Waals surface area contributed by atoms with Gasteiger partial charge in [-0.25, -0.2) is 4.79 Å². The molecular formula is C24H39Cl2N5O3. The first kappa shape index (κ1) is 31.6. The van der Waals surface area contributed by atoms with Crippen molar-refractivity contribution < 1.29 is 14.6 Å². The lowest BCUT2D eigenvalue weighted by molar-refractivity contribution is -0.139. The molecule has 0 spiro atoms. The normalized spacial score (nSPS) is 10.2. The predicted octanol–water partition coefficient (Wildman–Crippen LogP) is 4.10. The summed E-state index contributed by atoms with van der Waals surface area (Å²) < 4.78 is 7.43. The lowest BCUT2D eigenvalue weighted by Gasteiger charge is -2.11. The number of guanidine groups is 1. The predicted molar refractivity (Wildman–Crippen MR) is 143 cm³/mol. The second-order valence-corrected chi connectivity index (χ2v) is 8.01. The highest BCUT2D eigenvalue weighted by molar-refractivity contribution is 5.85. The highest BCUT2D eigenvalue weighted by Crippen LogP contribution is 2.23. The molecule has 0 aliphatic rings. The van der Waals surface area contributed by atoms with Gasteiger partial charge in [0.05, 0.1) is 0 Å². The van der Waals surface area contributed by atoms with Crippen LogP contribution in [-0.2, 0) is 11.3 Å². The Morgan fingerprint density at radius 1 is 1.03 bits per heavy atom. The second-order valence-electron chi connectivity index (χ2n) is 8.01. The second kappa shape index (κ2) is 17.1. The van der Waals surface area contributed by atoms with Crippen LogP contribution in [0.15, 0.2) is 35.3 Å². The number of aliphatic imine (C=N–C) groups is 1. The van der Waals surface area contributed by atoms with E-state index in [0.717, 1.165) is 31.7 Å². The molecule has 0 bridgehead atoms. The minimum atomic E-state index is -0.983. The average molecular weight is 517 g/mol. The van der Waals surface area contributed by atoms with Gasteiger partial charge in [0.2, 0.25) is 0 Å². The van der Waals surface area contributed by atoms with E-state index in [2.05, 4.69) is 34.8 Å². The smallest absolute Gasteiger partial charge is 0.341 e. The summed E-state index contributed by atoms with van der Waals surface area (Å²) in [6.45, 7) is 6.46. The fraction of sp³-hybridized carbons (Fsp3) is 0.500. The maximum Gasteiger partial charge on any atom is 0.341 e. The number of rotatable bonds is 15. The molecule has 0 fully saturated rings. The van der Waals surface area contributed by atoms with Crippen molar-refractivity contribution in [1.82, 2.24) is 9.88 Å². The van der Waals surface area contributed by atoms with Gasteiger partial charge in [0.1, 0.15) is 5.75 Å². The van der Waals surface area contributed by atoms with Crippen molar-refractivity contribution in [3.8, 4) is 11.4 Å². The minimum Gasteiger partial charge on any atom is -0.482 e. The third kappa shape index (κ3) is 11.1. The number of aliphatic carboxylic acids is 1. The van der Waals surface area contributed by atoms with Crippen molar-refractivity contribution in [2.75, 3.05) is 19.7 Å². The summed E-state index contributed by atoms with van der Waals surface area (Å²) in [5.74, 6) is -0.255. The number of carboxylic acid groups (broad SMARTS) is 1. The van der Waals surface area contributed by atoms with Crippen LogP contribution >= 0.6 is 24.8 Å². The van der Waals surface area contributed by atoms with Gasteiger partial charge < -0.3 is 31.2 Å². The number of halogens is 2. The molecule has 192 valence electrons. The molecule has 0 amide bonds. The summed E-state index contributed by atoms with van der Waals surface area (Å²) in [6, 6.07) is 9.72. The van der Waals surface area contributed by atoms with E-state index in [1.807, 2.05) is 12.1 Å². The van der Waals surface area contributed by atoms with Gasteiger partial charge in [-0.05, 0) is 69.1 Å². The molecule has 0 saturated heterocycles. The Hall–Kier alpha value is -2.42. The van der Waals surface area contributed by atoms with Crippen molar-refractivity contribution in [3.05, 3.63) is 47.3 Å². The molecule has 1 aromatic carbocycles. The van der Waals surface area contributed by atoms with E-state index in [9.17, 15) is 4.79 Å². The number of aryl methyl sites for hydroxylation is 1. The monoisotopic (exact) mass is 515 g/mol. The molecule has 8 nitrogen and oxygen atoms in total. The first-order chi connectivity index (χ1) is 15.4. The van der Waals surface area contributed by atoms with Crippen LogP contribution in [-0.4, -0.2) is 41.3 Å². The Labute approximate surface area is 215 Å². The molecule has 1 aromatic heterocycles. The zero-order valence-electron chi connectivity index (χ0n) is 20.1. The van der Waals surface area contributed by atoms with E-state index in [-0.39, 0.29) is 37.4 Å². The Bertz CT molecular complexity index is 881. The third-order valence-corrected chi connectivity index (χ3v) is 5.36. The maximum atomic E-state index is 10.6. The van der Waals surface area contributed by atoms with Crippen LogP contribution in [0.25, 0.3) is 5.69 Å². The summed E-state index contributed by atoms with van der Waals surface area (Å²) in [5.41, 5.74) is 15.3. The molecule has 10 heteroatoms. The Morgan fingerprint density at radius 3 is 2.26 bits per heavy atom. The number of unbranched alkanes of at least 4 members (excludes halogenated alkanes) is 5. The summed E-state index contributed by atoms with van der Waals surface area (Å²) in [7, 11) is 0. The molecule has 34 heavy (non-hydrogen) atoms. The summed E-state index contributed by atoms with van der Waals surface area (Å²) in [4.78, 5) is 14.6. The summed E-state index contributed by atoms with van der Waals surface area (Å²) >= 11 is 0. The number of carboxylic acids is 1. The number of hydrogen-bond acceptors (Lipinski definition) is 4. The highest BCUT2D eigenvalue weighted by atomic mass is 35.5. The molecule has 0 aliphatic carbocycles. The molecule has 0 unspecified atom stereocenters. The first-order valence-corrected chi connectivity index (χ1v) is 11.3. The first-order valence-electron chi connectivity index (χ1n) is 11.3. The summed E-state index contributed by atoms with van der Waals surface area (Å²) in [6.07, 6.45) is 7.08. The quantitative estimate of drug-likeness (QED) is 0.160. The molecule has 0 saturated carbocycles. The van der Waals surface area contributed by atoms with Crippen LogP contribution in [0.3, 0.4) is 0 Å². The molecule has 0 radical (unpaired) electrons. The zero-order chi connectivity index (χ0) is 23.3. The van der Waals surface area contributed by atoms with Gasteiger partial charge in [-0.1, -0.05) is 25.7 Å². The molecular weight excluding hydrogens is 477 g/mol. The lowest BCUT2D eigenvalue weighted by atomic mass is 10.1.